The van der Waals surface area contributed by atoms with Crippen LogP contribution in [0, 0.1) is 0 Å². The van der Waals surface area contributed by atoms with Crippen molar-refractivity contribution in [3.05, 3.63) is 35.4 Å². The third kappa shape index (κ3) is 1.29. The fourth-order valence-electron chi connectivity index (χ4n) is 1.41. The second-order valence-corrected chi connectivity index (χ2v) is 3.73. The van der Waals surface area contributed by atoms with Crippen LogP contribution in [0.2, 0.25) is 0 Å². The lowest BCUT2D eigenvalue weighted by atomic mass is 10.1. The summed E-state index contributed by atoms with van der Waals surface area (Å²) < 4.78 is 22.6. The predicted octanol–water partition coefficient (Wildman–Crippen LogP) is 0.796. The molecule has 1 aromatic carbocycles. The van der Waals surface area contributed by atoms with Crippen LogP contribution in [-0.2, 0) is 24.4 Å². The standard InChI is InChI=1S/C8H9NO2S/c10-12(11)9-5-7-3-1-2-4-8(7)6-9/h1-4H,5-6H2,(H,10,11)/p-1. The van der Waals surface area contributed by atoms with Crippen LogP contribution in [0.15, 0.2) is 24.3 Å². The van der Waals surface area contributed by atoms with Crippen LogP contribution < -0.4 is 0 Å². The van der Waals surface area contributed by atoms with Crippen LogP contribution in [-0.4, -0.2) is 13.1 Å². The summed E-state index contributed by atoms with van der Waals surface area (Å²) in [5.41, 5.74) is 2.23. The summed E-state index contributed by atoms with van der Waals surface area (Å²) in [7, 11) is 0. The highest BCUT2D eigenvalue weighted by Gasteiger charge is 2.17. The maximum atomic E-state index is 10.6. The molecule has 0 radical (unpaired) electrons. The summed E-state index contributed by atoms with van der Waals surface area (Å²) in [6.45, 7) is 1.04. The lowest BCUT2D eigenvalue weighted by Gasteiger charge is -2.16. The SMILES string of the molecule is O=S([O-])N1Cc2ccccc2C1. The van der Waals surface area contributed by atoms with Gasteiger partial charge in [0, 0.05) is 24.4 Å². The molecule has 0 bridgehead atoms. The van der Waals surface area contributed by atoms with Gasteiger partial charge in [0.15, 0.2) is 0 Å². The van der Waals surface area contributed by atoms with E-state index in [4.69, 9.17) is 0 Å². The van der Waals surface area contributed by atoms with E-state index in [9.17, 15) is 8.76 Å². The number of fused-ring (bicyclic) bond motifs is 1. The van der Waals surface area contributed by atoms with Crippen LogP contribution >= 0.6 is 0 Å². The van der Waals surface area contributed by atoms with Crippen molar-refractivity contribution in [1.29, 1.82) is 0 Å². The van der Waals surface area contributed by atoms with Gasteiger partial charge in [0.1, 0.15) is 0 Å². The van der Waals surface area contributed by atoms with Gasteiger partial charge in [-0.1, -0.05) is 24.3 Å². The quantitative estimate of drug-likeness (QED) is 0.603. The van der Waals surface area contributed by atoms with Crippen LogP contribution in [0.25, 0.3) is 0 Å². The fraction of sp³-hybridized carbons (Fsp3) is 0.250. The smallest absolute Gasteiger partial charge is 0.0360 e. The molecule has 1 heterocycles. The minimum Gasteiger partial charge on any atom is -0.760 e. The molecule has 3 nitrogen and oxygen atoms in total. The van der Waals surface area contributed by atoms with Crippen LogP contribution in [0.3, 0.4) is 0 Å². The molecular formula is C8H8NO2S-. The van der Waals surface area contributed by atoms with Crippen LogP contribution in [0.5, 0.6) is 0 Å². The van der Waals surface area contributed by atoms with Crippen molar-refractivity contribution in [2.45, 2.75) is 13.1 Å². The Hall–Kier alpha value is -0.710. The van der Waals surface area contributed by atoms with Crippen molar-refractivity contribution < 1.29 is 8.76 Å². The average Bonchev–Trinajstić information content (AvgIpc) is 2.46. The molecule has 0 amide bonds. The van der Waals surface area contributed by atoms with Crippen LogP contribution in [0.1, 0.15) is 11.1 Å². The molecule has 64 valence electrons. The van der Waals surface area contributed by atoms with Gasteiger partial charge in [-0.3, -0.25) is 4.21 Å². The zero-order valence-electron chi connectivity index (χ0n) is 6.40. The monoisotopic (exact) mass is 182 g/mol. The zero-order chi connectivity index (χ0) is 8.55. The summed E-state index contributed by atoms with van der Waals surface area (Å²) in [6, 6.07) is 7.77. The third-order valence-electron chi connectivity index (χ3n) is 2.02. The number of hydrogen-bond donors (Lipinski definition) is 0. The van der Waals surface area contributed by atoms with E-state index in [1.54, 1.807) is 0 Å². The molecule has 0 N–H and O–H groups in total. The number of rotatable bonds is 1. The molecule has 0 spiro atoms. The molecule has 1 atom stereocenters. The molecule has 1 aliphatic heterocycles. The normalized spacial score (nSPS) is 19.1. The zero-order valence-corrected chi connectivity index (χ0v) is 7.21. The Morgan fingerprint density at radius 1 is 1.25 bits per heavy atom. The summed E-state index contributed by atoms with van der Waals surface area (Å²) in [6.07, 6.45) is 0. The van der Waals surface area contributed by atoms with E-state index in [0.717, 1.165) is 11.1 Å². The van der Waals surface area contributed by atoms with Crippen LogP contribution in [0.4, 0.5) is 0 Å². The lowest BCUT2D eigenvalue weighted by Crippen LogP contribution is -2.18. The topological polar surface area (TPSA) is 43.4 Å². The van der Waals surface area contributed by atoms with Gasteiger partial charge < -0.3 is 4.55 Å². The highest BCUT2D eigenvalue weighted by molar-refractivity contribution is 7.76. The Bertz CT molecular complexity index is 302. The van der Waals surface area contributed by atoms with Gasteiger partial charge in [0.25, 0.3) is 0 Å². The molecule has 1 unspecified atom stereocenters. The Morgan fingerprint density at radius 3 is 2.17 bits per heavy atom. The second kappa shape index (κ2) is 2.97. The largest absolute Gasteiger partial charge is 0.760 e. The minimum atomic E-state index is -2.08. The van der Waals surface area contributed by atoms with E-state index < -0.39 is 11.3 Å². The summed E-state index contributed by atoms with van der Waals surface area (Å²) in [5, 5.41) is 0. The van der Waals surface area contributed by atoms with E-state index in [1.165, 1.54) is 4.31 Å². The number of nitrogens with zero attached hydrogens (tertiary/aromatic N) is 1. The molecular weight excluding hydrogens is 174 g/mol. The highest BCUT2D eigenvalue weighted by atomic mass is 32.2. The molecule has 0 aromatic heterocycles. The Labute approximate surface area is 73.4 Å². The van der Waals surface area contributed by atoms with Crippen molar-refractivity contribution in [1.82, 2.24) is 4.31 Å². The Kier molecular flexibility index (Phi) is 1.96. The lowest BCUT2D eigenvalue weighted by molar-refractivity contribution is 0.402. The first-order valence-electron chi connectivity index (χ1n) is 3.68. The van der Waals surface area contributed by atoms with Gasteiger partial charge in [0.2, 0.25) is 0 Å². The van der Waals surface area contributed by atoms with Crippen molar-refractivity contribution >= 4 is 11.3 Å². The molecule has 0 saturated heterocycles. The van der Waals surface area contributed by atoms with Crippen molar-refractivity contribution in [2.24, 2.45) is 0 Å². The van der Waals surface area contributed by atoms with E-state index in [0.29, 0.717) is 13.1 Å². The maximum absolute atomic E-state index is 10.6. The van der Waals surface area contributed by atoms with E-state index in [2.05, 4.69) is 0 Å². The number of hydrogen-bond acceptors (Lipinski definition) is 2. The van der Waals surface area contributed by atoms with Crippen molar-refractivity contribution in [2.75, 3.05) is 0 Å². The molecule has 0 saturated carbocycles. The molecule has 2 rings (SSSR count). The summed E-state index contributed by atoms with van der Waals surface area (Å²) in [4.78, 5) is 0. The van der Waals surface area contributed by atoms with Gasteiger partial charge >= 0.3 is 0 Å². The van der Waals surface area contributed by atoms with E-state index in [-0.39, 0.29) is 0 Å². The summed E-state index contributed by atoms with van der Waals surface area (Å²) >= 11 is -2.08. The van der Waals surface area contributed by atoms with E-state index >= 15 is 0 Å². The molecule has 0 aliphatic carbocycles. The predicted molar refractivity (Wildman–Crippen MR) is 44.6 cm³/mol. The number of benzene rings is 1. The van der Waals surface area contributed by atoms with Crippen molar-refractivity contribution in [3.63, 3.8) is 0 Å². The van der Waals surface area contributed by atoms with Gasteiger partial charge in [-0.25, -0.2) is 4.31 Å². The van der Waals surface area contributed by atoms with Gasteiger partial charge in [-0.2, -0.15) is 0 Å². The van der Waals surface area contributed by atoms with E-state index in [1.807, 2.05) is 24.3 Å². The fourth-order valence-corrected chi connectivity index (χ4v) is 1.90. The Balaban J connectivity index is 2.27. The minimum absolute atomic E-state index is 0.520. The first kappa shape index (κ1) is 7.91. The third-order valence-corrected chi connectivity index (χ3v) is 2.70. The van der Waals surface area contributed by atoms with Gasteiger partial charge in [-0.15, -0.1) is 0 Å². The average molecular weight is 182 g/mol. The van der Waals surface area contributed by atoms with Gasteiger partial charge in [0.05, 0.1) is 0 Å². The first-order chi connectivity index (χ1) is 5.77. The molecule has 4 heteroatoms. The second-order valence-electron chi connectivity index (χ2n) is 2.78. The molecule has 0 fully saturated rings. The van der Waals surface area contributed by atoms with Gasteiger partial charge in [-0.05, 0) is 11.1 Å². The first-order valence-corrected chi connectivity index (χ1v) is 4.71. The molecule has 1 aliphatic rings. The Morgan fingerprint density at radius 2 is 1.75 bits per heavy atom. The molecule has 1 aromatic rings. The highest BCUT2D eigenvalue weighted by Crippen LogP contribution is 2.22. The summed E-state index contributed by atoms with van der Waals surface area (Å²) in [5.74, 6) is 0. The maximum Gasteiger partial charge on any atom is 0.0360 e. The van der Waals surface area contributed by atoms with Crippen molar-refractivity contribution in [3.8, 4) is 0 Å². The molecule has 12 heavy (non-hydrogen) atoms.